The highest BCUT2D eigenvalue weighted by molar-refractivity contribution is 5.96. The molecule has 2 rings (SSSR count). The third-order valence-electron chi connectivity index (χ3n) is 4.99. The van der Waals surface area contributed by atoms with Gasteiger partial charge in [-0.1, -0.05) is 47.6 Å². The molecule has 0 aliphatic carbocycles. The molecule has 4 heteroatoms. The summed E-state index contributed by atoms with van der Waals surface area (Å²) in [5.74, 6) is 0.119. The van der Waals surface area contributed by atoms with Gasteiger partial charge in [0, 0.05) is 30.9 Å². The topological polar surface area (TPSA) is 49.2 Å². The summed E-state index contributed by atoms with van der Waals surface area (Å²) in [7, 11) is 0. The maximum Gasteiger partial charge on any atom is 0.316 e. The summed E-state index contributed by atoms with van der Waals surface area (Å²) < 4.78 is 0.867. The van der Waals surface area contributed by atoms with Gasteiger partial charge in [-0.25, -0.2) is 0 Å². The predicted molar refractivity (Wildman–Crippen MR) is 101 cm³/mol. The van der Waals surface area contributed by atoms with Crippen LogP contribution in [0.2, 0.25) is 0 Å². The molecule has 1 aliphatic heterocycles. The summed E-state index contributed by atoms with van der Waals surface area (Å²) in [6, 6.07) is 9.03. The van der Waals surface area contributed by atoms with Crippen molar-refractivity contribution in [3.05, 3.63) is 91.7 Å². The zero-order valence-corrected chi connectivity index (χ0v) is 14.6. The highest BCUT2D eigenvalue weighted by Gasteiger charge is 2.67. The number of hydrogen-bond donors (Lipinski definition) is 0. The highest BCUT2D eigenvalue weighted by Crippen LogP contribution is 2.48. The van der Waals surface area contributed by atoms with Crippen LogP contribution in [-0.4, -0.2) is 26.7 Å². The van der Waals surface area contributed by atoms with E-state index in [9.17, 15) is 10.4 Å². The minimum Gasteiger partial charge on any atom is -0.714 e. The first-order valence-electron chi connectivity index (χ1n) is 8.35. The van der Waals surface area contributed by atoms with Crippen molar-refractivity contribution in [2.24, 2.45) is 0 Å². The molecule has 1 aliphatic rings. The van der Waals surface area contributed by atoms with E-state index in [2.05, 4.69) is 26.3 Å². The Morgan fingerprint density at radius 1 is 0.920 bits per heavy atom. The van der Waals surface area contributed by atoms with Gasteiger partial charge in [-0.3, -0.25) is 4.74 Å². The largest absolute Gasteiger partial charge is 0.714 e. The Morgan fingerprint density at radius 2 is 1.40 bits per heavy atom. The van der Waals surface area contributed by atoms with Crippen LogP contribution in [0.4, 0.5) is 0 Å². The first-order valence-corrected chi connectivity index (χ1v) is 8.35. The van der Waals surface area contributed by atoms with Gasteiger partial charge in [-0.05, 0) is 12.1 Å². The van der Waals surface area contributed by atoms with Gasteiger partial charge in [0.15, 0.2) is 11.1 Å². The fraction of sp³-hybridized carbons (Fsp3) is 0.286. The van der Waals surface area contributed by atoms with Crippen LogP contribution in [0.25, 0.3) is 0 Å². The SMILES string of the molecule is C=CCC1(CC=C)N([O])C(c2ccccc2)=[N+]([O-])C1(CC=C)CC=C. The minimum absolute atomic E-state index is 0.119. The molecule has 1 heterocycles. The quantitative estimate of drug-likeness (QED) is 0.381. The summed E-state index contributed by atoms with van der Waals surface area (Å²) in [6.45, 7) is 15.3. The van der Waals surface area contributed by atoms with Crippen LogP contribution in [0.1, 0.15) is 31.2 Å². The standard InChI is InChI=1S/C21H25N2O2/c1-5-14-20(15-6-2)21(16-7-3,17-8-4)23(25)19(22(20)24)18-12-10-9-11-13-18/h5-13H,1-4,14-17H2. The van der Waals surface area contributed by atoms with Crippen LogP contribution < -0.4 is 0 Å². The van der Waals surface area contributed by atoms with Gasteiger partial charge < -0.3 is 5.21 Å². The summed E-state index contributed by atoms with van der Waals surface area (Å²) in [5.41, 5.74) is -1.42. The van der Waals surface area contributed by atoms with Gasteiger partial charge in [-0.2, -0.15) is 0 Å². The predicted octanol–water partition coefficient (Wildman–Crippen LogP) is 4.39. The van der Waals surface area contributed by atoms with Crippen molar-refractivity contribution in [3.63, 3.8) is 0 Å². The van der Waals surface area contributed by atoms with Crippen LogP contribution in [0.3, 0.4) is 0 Å². The molecule has 0 bridgehead atoms. The van der Waals surface area contributed by atoms with Crippen LogP contribution in [0.5, 0.6) is 0 Å². The summed E-state index contributed by atoms with van der Waals surface area (Å²) in [4.78, 5) is 0. The third-order valence-corrected chi connectivity index (χ3v) is 4.99. The smallest absolute Gasteiger partial charge is 0.316 e. The number of amidine groups is 1. The van der Waals surface area contributed by atoms with Gasteiger partial charge in [0.1, 0.15) is 0 Å². The summed E-state index contributed by atoms with van der Waals surface area (Å²) in [6.07, 6.45) is 8.21. The third kappa shape index (κ3) is 2.72. The number of rotatable bonds is 9. The van der Waals surface area contributed by atoms with E-state index in [1.54, 1.807) is 36.4 Å². The molecular weight excluding hydrogens is 312 g/mol. The van der Waals surface area contributed by atoms with Crippen molar-refractivity contribution in [2.75, 3.05) is 0 Å². The Kier molecular flexibility index (Phi) is 5.65. The van der Waals surface area contributed by atoms with E-state index in [1.807, 2.05) is 18.2 Å². The van der Waals surface area contributed by atoms with Crippen molar-refractivity contribution in [1.82, 2.24) is 5.06 Å². The van der Waals surface area contributed by atoms with Gasteiger partial charge in [0.05, 0.1) is 5.56 Å². The number of benzene rings is 1. The molecule has 1 aromatic carbocycles. The minimum atomic E-state index is -1.01. The molecule has 0 spiro atoms. The lowest BCUT2D eigenvalue weighted by Gasteiger charge is -2.42. The second kappa shape index (κ2) is 7.53. The van der Waals surface area contributed by atoms with E-state index in [0.717, 1.165) is 9.80 Å². The van der Waals surface area contributed by atoms with E-state index in [-0.39, 0.29) is 5.84 Å². The van der Waals surface area contributed by atoms with Crippen molar-refractivity contribution < 1.29 is 9.95 Å². The fourth-order valence-electron chi connectivity index (χ4n) is 3.90. The van der Waals surface area contributed by atoms with Crippen LogP contribution >= 0.6 is 0 Å². The van der Waals surface area contributed by atoms with Crippen molar-refractivity contribution in [1.29, 1.82) is 0 Å². The lowest BCUT2D eigenvalue weighted by molar-refractivity contribution is -0.550. The fourth-order valence-corrected chi connectivity index (χ4v) is 3.90. The lowest BCUT2D eigenvalue weighted by atomic mass is 9.69. The van der Waals surface area contributed by atoms with Crippen LogP contribution in [0.15, 0.2) is 81.0 Å². The molecule has 0 atom stereocenters. The Bertz CT molecular complexity index is 671. The molecule has 0 unspecified atom stereocenters. The van der Waals surface area contributed by atoms with Crippen LogP contribution in [-0.2, 0) is 5.21 Å². The lowest BCUT2D eigenvalue weighted by Crippen LogP contribution is -2.60. The highest BCUT2D eigenvalue weighted by atomic mass is 16.5. The van der Waals surface area contributed by atoms with Crippen LogP contribution in [0, 0.1) is 5.21 Å². The molecule has 0 fully saturated rings. The molecule has 4 nitrogen and oxygen atoms in total. The van der Waals surface area contributed by atoms with Crippen molar-refractivity contribution in [2.45, 2.75) is 36.8 Å². The number of nitrogens with zero attached hydrogens (tertiary/aromatic N) is 2. The molecule has 131 valence electrons. The second-order valence-electron chi connectivity index (χ2n) is 6.31. The Hall–Kier alpha value is -2.59. The second-order valence-corrected chi connectivity index (χ2v) is 6.31. The Morgan fingerprint density at radius 3 is 1.84 bits per heavy atom. The number of hydrogen-bond acceptors (Lipinski definition) is 2. The van der Waals surface area contributed by atoms with Gasteiger partial charge in [-0.15, -0.1) is 26.3 Å². The zero-order valence-electron chi connectivity index (χ0n) is 14.6. The molecule has 1 radical (unpaired) electrons. The average molecular weight is 337 g/mol. The van der Waals surface area contributed by atoms with Gasteiger partial charge in [0.2, 0.25) is 0 Å². The molecule has 0 amide bonds. The zero-order chi connectivity index (χ0) is 18.5. The summed E-state index contributed by atoms with van der Waals surface area (Å²) in [5, 5.41) is 27.8. The van der Waals surface area contributed by atoms with E-state index in [1.165, 1.54) is 0 Å². The van der Waals surface area contributed by atoms with E-state index in [0.29, 0.717) is 31.2 Å². The molecule has 0 aromatic heterocycles. The monoisotopic (exact) mass is 337 g/mol. The molecule has 1 aromatic rings. The normalized spacial score (nSPS) is 18.0. The maximum absolute atomic E-state index is 13.5. The van der Waals surface area contributed by atoms with E-state index >= 15 is 0 Å². The maximum atomic E-state index is 13.5. The molecule has 0 saturated heterocycles. The molecule has 0 saturated carbocycles. The first kappa shape index (κ1) is 18.7. The number of hydroxylamine groups is 3. The molecular formula is C21H25N2O2. The van der Waals surface area contributed by atoms with Crippen molar-refractivity contribution >= 4 is 5.84 Å². The molecule has 25 heavy (non-hydrogen) atoms. The summed E-state index contributed by atoms with van der Waals surface area (Å²) >= 11 is 0. The van der Waals surface area contributed by atoms with E-state index < -0.39 is 11.1 Å². The van der Waals surface area contributed by atoms with Gasteiger partial charge >= 0.3 is 5.84 Å². The Labute approximate surface area is 150 Å². The first-order chi connectivity index (χ1) is 12.0. The van der Waals surface area contributed by atoms with Gasteiger partial charge in [0.25, 0.3) is 0 Å². The van der Waals surface area contributed by atoms with Crippen molar-refractivity contribution in [3.8, 4) is 0 Å². The molecule has 0 N–H and O–H groups in total. The average Bonchev–Trinajstić information content (AvgIpc) is 2.77. The van der Waals surface area contributed by atoms with E-state index in [4.69, 9.17) is 0 Å². The Balaban J connectivity index is 2.79.